The first-order valence-electron chi connectivity index (χ1n) is 8.37. The van der Waals surface area contributed by atoms with E-state index in [9.17, 15) is 4.79 Å². The van der Waals surface area contributed by atoms with Crippen molar-refractivity contribution < 1.29 is 19.4 Å². The molecule has 1 aromatic carbocycles. The van der Waals surface area contributed by atoms with Crippen LogP contribution in [-0.2, 0) is 4.74 Å². The van der Waals surface area contributed by atoms with Crippen molar-refractivity contribution in [3.8, 4) is 5.75 Å². The van der Waals surface area contributed by atoms with Crippen molar-refractivity contribution in [3.63, 3.8) is 0 Å². The third kappa shape index (κ3) is 5.53. The number of nitrogens with zero attached hydrogens (tertiary/aromatic N) is 1. The Morgan fingerprint density at radius 2 is 1.84 bits per heavy atom. The van der Waals surface area contributed by atoms with Crippen LogP contribution in [0.1, 0.15) is 39.2 Å². The van der Waals surface area contributed by atoms with Gasteiger partial charge in [-0.05, 0) is 45.0 Å². The van der Waals surface area contributed by atoms with Crippen LogP contribution in [0.25, 0.3) is 0 Å². The number of amidine groups is 1. The standard InChI is InChI=1S/C17H27N5O3/c1-17(2,3)25-16(23)22-10-8-14(9-11-22)24-13-6-4-12(5-7-13)15(20-18)21-19/h4-7,14H,8-11,18-19H2,1-3H3,(H,20,21)/p+1. The summed E-state index contributed by atoms with van der Waals surface area (Å²) in [6.45, 7) is 6.86. The number of nitrogens with one attached hydrogen (secondary N) is 2. The van der Waals surface area contributed by atoms with Crippen molar-refractivity contribution in [2.75, 3.05) is 13.1 Å². The van der Waals surface area contributed by atoms with Gasteiger partial charge in [0.1, 0.15) is 17.5 Å². The summed E-state index contributed by atoms with van der Waals surface area (Å²) in [6, 6.07) is 7.45. The normalized spacial score (nSPS) is 16.5. The van der Waals surface area contributed by atoms with E-state index in [1.807, 2.05) is 45.0 Å². The summed E-state index contributed by atoms with van der Waals surface area (Å²) < 4.78 is 11.4. The van der Waals surface area contributed by atoms with Crippen LogP contribution in [0.3, 0.4) is 0 Å². The molecule has 0 aromatic heterocycles. The van der Waals surface area contributed by atoms with Crippen molar-refractivity contribution in [2.24, 2.45) is 11.7 Å². The molecule has 0 unspecified atom stereocenters. The number of hydrogen-bond donors (Lipinski definition) is 4. The lowest BCUT2D eigenvalue weighted by molar-refractivity contribution is -0.471. The molecule has 1 aliphatic rings. The fourth-order valence-electron chi connectivity index (χ4n) is 2.58. The van der Waals surface area contributed by atoms with E-state index >= 15 is 0 Å². The minimum atomic E-state index is -0.473. The highest BCUT2D eigenvalue weighted by atomic mass is 16.6. The molecule has 1 heterocycles. The molecular formula is C17H28N5O3+. The van der Waals surface area contributed by atoms with Crippen molar-refractivity contribution in [2.45, 2.75) is 45.3 Å². The predicted octanol–water partition coefficient (Wildman–Crippen LogP) is -0.371. The number of piperidine rings is 1. The molecule has 0 aliphatic carbocycles. The molecule has 1 amide bonds. The first kappa shape index (κ1) is 18.9. The molecule has 0 saturated carbocycles. The zero-order valence-electron chi connectivity index (χ0n) is 15.0. The molecule has 1 fully saturated rings. The van der Waals surface area contributed by atoms with Gasteiger partial charge < -0.3 is 14.4 Å². The number of nitrogens with two attached hydrogens (primary N) is 2. The zero-order valence-corrected chi connectivity index (χ0v) is 15.0. The average molecular weight is 350 g/mol. The second-order valence-electron chi connectivity index (χ2n) is 6.97. The lowest BCUT2D eigenvalue weighted by atomic mass is 10.1. The minimum absolute atomic E-state index is 0.0771. The highest BCUT2D eigenvalue weighted by molar-refractivity contribution is 5.93. The van der Waals surface area contributed by atoms with Crippen molar-refractivity contribution in [1.82, 2.24) is 10.3 Å². The van der Waals surface area contributed by atoms with Gasteiger partial charge in [0, 0.05) is 25.9 Å². The van der Waals surface area contributed by atoms with Gasteiger partial charge in [0.25, 0.3) is 0 Å². The van der Waals surface area contributed by atoms with Gasteiger partial charge in [0.05, 0.1) is 5.56 Å². The molecule has 8 nitrogen and oxygen atoms in total. The summed E-state index contributed by atoms with van der Waals surface area (Å²) in [5.41, 5.74) is 2.85. The quantitative estimate of drug-likeness (QED) is 0.256. The third-order valence-electron chi connectivity index (χ3n) is 3.83. The number of benzene rings is 1. The van der Waals surface area contributed by atoms with Gasteiger partial charge >= 0.3 is 11.9 Å². The molecule has 2 rings (SSSR count). The first-order valence-corrected chi connectivity index (χ1v) is 8.37. The van der Waals surface area contributed by atoms with Crippen molar-refractivity contribution in [3.05, 3.63) is 29.8 Å². The molecule has 0 spiro atoms. The van der Waals surface area contributed by atoms with E-state index in [1.54, 1.807) is 4.90 Å². The number of rotatable bonds is 3. The maximum atomic E-state index is 12.1. The molecular weight excluding hydrogens is 322 g/mol. The number of carbonyl (C=O) groups is 1. The summed E-state index contributed by atoms with van der Waals surface area (Å²) in [7, 11) is 0. The summed E-state index contributed by atoms with van der Waals surface area (Å²) in [6.07, 6.45) is 1.36. The first-order chi connectivity index (χ1) is 11.8. The average Bonchev–Trinajstić information content (AvgIpc) is 2.56. The minimum Gasteiger partial charge on any atom is -0.490 e. The SMILES string of the molecule is CC(C)(C)OC(=O)N1CCC(Oc2ccc(/C(NN)=[NH+]/N)cc2)CC1. The van der Waals surface area contributed by atoms with E-state index in [0.29, 0.717) is 18.9 Å². The maximum absolute atomic E-state index is 12.1. The summed E-state index contributed by atoms with van der Waals surface area (Å²) in [4.78, 5) is 13.8. The molecule has 25 heavy (non-hydrogen) atoms. The number of ether oxygens (including phenoxy) is 2. The summed E-state index contributed by atoms with van der Waals surface area (Å²) in [5.74, 6) is 12.0. The Kier molecular flexibility index (Phi) is 6.08. The van der Waals surface area contributed by atoms with E-state index in [-0.39, 0.29) is 12.2 Å². The number of hydrogen-bond acceptors (Lipinski definition) is 5. The monoisotopic (exact) mass is 350 g/mol. The van der Waals surface area contributed by atoms with Gasteiger partial charge in [-0.15, -0.1) is 0 Å². The molecule has 138 valence electrons. The number of carbonyl (C=O) groups excluding carboxylic acids is 1. The Labute approximate surface area is 148 Å². The molecule has 8 heteroatoms. The van der Waals surface area contributed by atoms with Crippen LogP contribution in [0.5, 0.6) is 5.75 Å². The van der Waals surface area contributed by atoms with Crippen LogP contribution in [0.15, 0.2) is 24.3 Å². The lowest BCUT2D eigenvalue weighted by Crippen LogP contribution is -2.83. The van der Waals surface area contributed by atoms with Gasteiger partial charge in [0.15, 0.2) is 0 Å². The van der Waals surface area contributed by atoms with Crippen LogP contribution in [0, 0.1) is 0 Å². The van der Waals surface area contributed by atoms with Crippen LogP contribution in [0.4, 0.5) is 4.79 Å². The number of hydrazone groups is 1. The van der Waals surface area contributed by atoms with E-state index in [1.165, 1.54) is 0 Å². The molecule has 1 aliphatic heterocycles. The van der Waals surface area contributed by atoms with E-state index < -0.39 is 5.60 Å². The Morgan fingerprint density at radius 1 is 1.24 bits per heavy atom. The van der Waals surface area contributed by atoms with Crippen LogP contribution in [0.2, 0.25) is 0 Å². The predicted molar refractivity (Wildman–Crippen MR) is 94.5 cm³/mol. The largest absolute Gasteiger partial charge is 0.490 e. The van der Waals surface area contributed by atoms with Gasteiger partial charge in [-0.1, -0.05) is 0 Å². The molecule has 0 radical (unpaired) electrons. The Hall–Kier alpha value is -2.48. The highest BCUT2D eigenvalue weighted by Crippen LogP contribution is 2.21. The fourth-order valence-corrected chi connectivity index (χ4v) is 2.58. The number of likely N-dealkylation sites (tertiary alicyclic amines) is 1. The fraction of sp³-hybridized carbons (Fsp3) is 0.529. The number of hydrazine groups is 2. The second kappa shape index (κ2) is 8.06. The highest BCUT2D eigenvalue weighted by Gasteiger charge is 2.27. The van der Waals surface area contributed by atoms with Crippen LogP contribution >= 0.6 is 0 Å². The Morgan fingerprint density at radius 3 is 2.32 bits per heavy atom. The van der Waals surface area contributed by atoms with E-state index in [4.69, 9.17) is 21.2 Å². The lowest BCUT2D eigenvalue weighted by Gasteiger charge is -2.33. The molecule has 6 N–H and O–H groups in total. The van der Waals surface area contributed by atoms with Crippen LogP contribution < -0.4 is 26.9 Å². The summed E-state index contributed by atoms with van der Waals surface area (Å²) in [5, 5.41) is 2.49. The van der Waals surface area contributed by atoms with Gasteiger partial charge in [-0.25, -0.2) is 4.79 Å². The zero-order chi connectivity index (χ0) is 18.4. The Bertz CT molecular complexity index is 602. The third-order valence-corrected chi connectivity index (χ3v) is 3.83. The molecule has 0 bridgehead atoms. The van der Waals surface area contributed by atoms with Crippen molar-refractivity contribution in [1.29, 1.82) is 0 Å². The van der Waals surface area contributed by atoms with Gasteiger partial charge in [0.2, 0.25) is 0 Å². The number of amides is 1. The molecule has 0 atom stereocenters. The van der Waals surface area contributed by atoms with Crippen LogP contribution in [-0.4, -0.2) is 41.6 Å². The van der Waals surface area contributed by atoms with Gasteiger partial charge in [-0.2, -0.15) is 16.4 Å². The molecule has 1 aromatic rings. The molecule has 1 saturated heterocycles. The maximum Gasteiger partial charge on any atom is 0.410 e. The smallest absolute Gasteiger partial charge is 0.410 e. The second-order valence-corrected chi connectivity index (χ2v) is 6.97. The van der Waals surface area contributed by atoms with E-state index in [2.05, 4.69) is 10.5 Å². The Balaban J connectivity index is 1.85. The van der Waals surface area contributed by atoms with E-state index in [0.717, 1.165) is 24.2 Å². The summed E-state index contributed by atoms with van der Waals surface area (Å²) >= 11 is 0. The topological polar surface area (TPSA) is 117 Å². The van der Waals surface area contributed by atoms with Gasteiger partial charge in [-0.3, -0.25) is 5.84 Å². The van der Waals surface area contributed by atoms with Crippen molar-refractivity contribution >= 4 is 11.9 Å².